The summed E-state index contributed by atoms with van der Waals surface area (Å²) in [4.78, 5) is 0. The largest absolute Gasteiger partial charge is 4.00 e. The molecule has 3 heteroatoms. The Bertz CT molecular complexity index is 1210. The van der Waals surface area contributed by atoms with Gasteiger partial charge in [-0.15, -0.1) is 69.1 Å². The summed E-state index contributed by atoms with van der Waals surface area (Å²) in [6, 6.07) is 46.9. The van der Waals surface area contributed by atoms with Crippen molar-refractivity contribution >= 4 is 21.5 Å². The number of fused-ring (bicyclic) bond motifs is 2. The molecule has 33 heavy (non-hydrogen) atoms. The molecule has 0 spiro atoms. The predicted octanol–water partition coefficient (Wildman–Crippen LogP) is 2.46. The average Bonchev–Trinajstić information content (AvgIpc) is 3.45. The third-order valence-corrected chi connectivity index (χ3v) is 5.45. The maximum Gasteiger partial charge on any atom is 4.00 e. The Hall–Kier alpha value is -2.45. The van der Waals surface area contributed by atoms with Gasteiger partial charge in [0.05, 0.1) is 0 Å². The molecule has 160 valence electrons. The molecule has 0 saturated carbocycles. The van der Waals surface area contributed by atoms with Crippen molar-refractivity contribution in [1.29, 1.82) is 0 Å². The summed E-state index contributed by atoms with van der Waals surface area (Å²) in [6.45, 7) is 0. The molecule has 0 bridgehead atoms. The van der Waals surface area contributed by atoms with E-state index in [2.05, 4.69) is 121 Å². The van der Waals surface area contributed by atoms with Crippen LogP contribution < -0.4 is 24.8 Å². The van der Waals surface area contributed by atoms with E-state index in [4.69, 9.17) is 0 Å². The normalized spacial score (nSPS) is 9.70. The molecule has 0 aromatic heterocycles. The van der Waals surface area contributed by atoms with Gasteiger partial charge in [0, 0.05) is 0 Å². The van der Waals surface area contributed by atoms with E-state index in [-0.39, 0.29) is 50.7 Å². The fourth-order valence-electron chi connectivity index (χ4n) is 3.90. The Kier molecular flexibility index (Phi) is 10.3. The molecule has 0 fully saturated rings. The van der Waals surface area contributed by atoms with Crippen LogP contribution in [-0.2, 0) is 25.8 Å². The quantitative estimate of drug-likeness (QED) is 0.204. The summed E-state index contributed by atoms with van der Waals surface area (Å²) in [7, 11) is 0. The molecule has 0 atom stereocenters. The number of hydrogen-bond acceptors (Lipinski definition) is 0. The third-order valence-electron chi connectivity index (χ3n) is 5.45. The van der Waals surface area contributed by atoms with Crippen LogP contribution in [-0.4, -0.2) is 0 Å². The van der Waals surface area contributed by atoms with Crippen LogP contribution in [0.3, 0.4) is 0 Å². The molecular weight excluding hydrogens is 610 g/mol. The van der Waals surface area contributed by atoms with Crippen LogP contribution in [0.2, 0.25) is 0 Å². The molecule has 0 heterocycles. The van der Waals surface area contributed by atoms with E-state index < -0.39 is 0 Å². The zero-order chi connectivity index (χ0) is 20.2. The predicted molar refractivity (Wildman–Crippen MR) is 130 cm³/mol. The minimum absolute atomic E-state index is 0. The van der Waals surface area contributed by atoms with Gasteiger partial charge in [-0.25, -0.2) is 0 Å². The van der Waals surface area contributed by atoms with Crippen molar-refractivity contribution < 1.29 is 50.7 Å². The SMILES string of the molecule is [Cl-].[Cl-].[Hf+4].c1ccc(-c2cc3ccccc3[cH-]2)cc1.c1ccc(-c2cc3ccccc3[cH-]2)cc1. The fraction of sp³-hybridized carbons (Fsp3) is 0. The van der Waals surface area contributed by atoms with Crippen LogP contribution in [0.1, 0.15) is 0 Å². The van der Waals surface area contributed by atoms with Crippen LogP contribution in [0.25, 0.3) is 43.8 Å². The number of halogens is 2. The van der Waals surface area contributed by atoms with Crippen LogP contribution in [0.5, 0.6) is 0 Å². The van der Waals surface area contributed by atoms with Gasteiger partial charge in [-0.3, -0.25) is 0 Å². The van der Waals surface area contributed by atoms with Gasteiger partial charge in [0.15, 0.2) is 0 Å². The fourth-order valence-corrected chi connectivity index (χ4v) is 3.90. The summed E-state index contributed by atoms with van der Waals surface area (Å²) in [5, 5.41) is 5.26. The second kappa shape index (κ2) is 12.7. The van der Waals surface area contributed by atoms with Gasteiger partial charge in [0.1, 0.15) is 0 Å². The van der Waals surface area contributed by atoms with Crippen molar-refractivity contribution in [3.63, 3.8) is 0 Å². The van der Waals surface area contributed by atoms with E-state index in [1.807, 2.05) is 12.1 Å². The summed E-state index contributed by atoms with van der Waals surface area (Å²) in [5.41, 5.74) is 5.18. The maximum atomic E-state index is 2.24. The Morgan fingerprint density at radius 1 is 0.394 bits per heavy atom. The summed E-state index contributed by atoms with van der Waals surface area (Å²) >= 11 is 0. The van der Waals surface area contributed by atoms with Crippen LogP contribution in [0.15, 0.2) is 133 Å². The Balaban J connectivity index is 0.000000214. The Labute approximate surface area is 226 Å². The van der Waals surface area contributed by atoms with Gasteiger partial charge >= 0.3 is 25.8 Å². The van der Waals surface area contributed by atoms with Gasteiger partial charge < -0.3 is 24.8 Å². The van der Waals surface area contributed by atoms with E-state index in [1.54, 1.807) is 0 Å². The smallest absolute Gasteiger partial charge is 1.00 e. The topological polar surface area (TPSA) is 0 Å². The molecule has 0 aliphatic heterocycles. The Morgan fingerprint density at radius 3 is 1.09 bits per heavy atom. The van der Waals surface area contributed by atoms with E-state index in [0.717, 1.165) is 0 Å². The summed E-state index contributed by atoms with van der Waals surface area (Å²) < 4.78 is 0. The van der Waals surface area contributed by atoms with Gasteiger partial charge in [-0.05, 0) is 0 Å². The maximum absolute atomic E-state index is 2.24. The first-order valence-electron chi connectivity index (χ1n) is 10.3. The molecule has 6 aromatic rings. The molecule has 0 aliphatic carbocycles. The van der Waals surface area contributed by atoms with Crippen molar-refractivity contribution in [2.75, 3.05) is 0 Å². The first kappa shape index (κ1) is 26.8. The second-order valence-corrected chi connectivity index (χ2v) is 7.48. The molecule has 0 N–H and O–H groups in total. The summed E-state index contributed by atoms with van der Waals surface area (Å²) in [6.07, 6.45) is 0. The van der Waals surface area contributed by atoms with E-state index in [1.165, 1.54) is 43.8 Å². The first-order chi connectivity index (χ1) is 14.9. The van der Waals surface area contributed by atoms with Gasteiger partial charge in [-0.2, -0.15) is 0 Å². The number of hydrogen-bond donors (Lipinski definition) is 0. The number of benzene rings is 4. The first-order valence-corrected chi connectivity index (χ1v) is 10.3. The monoisotopic (exact) mass is 632 g/mol. The van der Waals surface area contributed by atoms with Crippen molar-refractivity contribution in [3.05, 3.63) is 133 Å². The van der Waals surface area contributed by atoms with Crippen LogP contribution in [0, 0.1) is 0 Å². The molecule has 6 aromatic carbocycles. The molecule has 0 aliphatic rings. The average molecular weight is 632 g/mol. The van der Waals surface area contributed by atoms with Crippen molar-refractivity contribution in [3.8, 4) is 22.3 Å². The van der Waals surface area contributed by atoms with Gasteiger partial charge in [0.2, 0.25) is 0 Å². The summed E-state index contributed by atoms with van der Waals surface area (Å²) in [5.74, 6) is 0. The molecule has 0 unspecified atom stereocenters. The van der Waals surface area contributed by atoms with Crippen molar-refractivity contribution in [1.82, 2.24) is 0 Å². The van der Waals surface area contributed by atoms with Crippen LogP contribution in [0.4, 0.5) is 0 Å². The van der Waals surface area contributed by atoms with E-state index in [9.17, 15) is 0 Å². The zero-order valence-corrected chi connectivity index (χ0v) is 23.1. The second-order valence-electron chi connectivity index (χ2n) is 7.48. The molecule has 0 saturated heterocycles. The zero-order valence-electron chi connectivity index (χ0n) is 18.0. The third kappa shape index (κ3) is 6.32. The van der Waals surface area contributed by atoms with Gasteiger partial charge in [-0.1, -0.05) is 108 Å². The van der Waals surface area contributed by atoms with E-state index in [0.29, 0.717) is 0 Å². The molecule has 0 radical (unpaired) electrons. The van der Waals surface area contributed by atoms with E-state index >= 15 is 0 Å². The minimum Gasteiger partial charge on any atom is -1.00 e. The van der Waals surface area contributed by atoms with Gasteiger partial charge in [0.25, 0.3) is 0 Å². The van der Waals surface area contributed by atoms with Crippen molar-refractivity contribution in [2.24, 2.45) is 0 Å². The Morgan fingerprint density at radius 2 is 0.727 bits per heavy atom. The minimum atomic E-state index is 0. The van der Waals surface area contributed by atoms with Crippen LogP contribution >= 0.6 is 0 Å². The molecule has 0 amide bonds. The van der Waals surface area contributed by atoms with Crippen molar-refractivity contribution in [2.45, 2.75) is 0 Å². The standard InChI is InChI=1S/2C15H11.2ClH.Hf/c2*1-2-6-12(7-3-1)15-10-13-8-4-5-9-14(13)11-15;;;/h2*1-11H;2*1H;/q2*-1;;;+4/p-2. The molecule has 0 nitrogen and oxygen atoms in total. The number of rotatable bonds is 2. The molecule has 6 rings (SSSR count). The molecular formula is C30H22Cl2Hf.